The van der Waals surface area contributed by atoms with Crippen molar-refractivity contribution < 1.29 is 4.79 Å². The summed E-state index contributed by atoms with van der Waals surface area (Å²) < 4.78 is 0. The summed E-state index contributed by atoms with van der Waals surface area (Å²) in [6.07, 6.45) is 3.46. The van der Waals surface area contributed by atoms with Gasteiger partial charge in [0.2, 0.25) is 5.91 Å². The van der Waals surface area contributed by atoms with Gasteiger partial charge in [-0.05, 0) is 18.8 Å². The molecule has 24 heavy (non-hydrogen) atoms. The molecule has 2 unspecified atom stereocenters. The van der Waals surface area contributed by atoms with E-state index < -0.39 is 0 Å². The number of aromatic nitrogens is 1. The summed E-state index contributed by atoms with van der Waals surface area (Å²) in [5.41, 5.74) is 1.23. The molecular weight excluding hydrogens is 320 g/mol. The van der Waals surface area contributed by atoms with Crippen LogP contribution in [-0.2, 0) is 17.8 Å². The number of hydrogen-bond acceptors (Lipinski definition) is 5. The maximum absolute atomic E-state index is 12.7. The molecule has 0 radical (unpaired) electrons. The Balaban J connectivity index is 1.51. The summed E-state index contributed by atoms with van der Waals surface area (Å²) in [5, 5.41) is 4.73. The van der Waals surface area contributed by atoms with Gasteiger partial charge in [0.15, 0.2) is 5.13 Å². The predicted molar refractivity (Wildman–Crippen MR) is 97.4 cm³/mol. The highest BCUT2D eigenvalue weighted by Gasteiger charge is 2.39. The largest absolute Gasteiger partial charge is 0.340 e. The zero-order valence-corrected chi connectivity index (χ0v) is 15.7. The first-order valence-corrected chi connectivity index (χ1v) is 10.1. The van der Waals surface area contributed by atoms with Gasteiger partial charge in [-0.25, -0.2) is 4.98 Å². The Hall–Kier alpha value is -1.14. The fraction of sp³-hybridized carbons (Fsp3) is 0.778. The van der Waals surface area contributed by atoms with Crippen molar-refractivity contribution in [1.82, 2.24) is 15.2 Å². The van der Waals surface area contributed by atoms with Crippen LogP contribution >= 0.6 is 11.3 Å². The lowest BCUT2D eigenvalue weighted by Gasteiger charge is -2.35. The van der Waals surface area contributed by atoms with Crippen LogP contribution in [0.3, 0.4) is 0 Å². The molecule has 1 aromatic heterocycles. The second-order valence-electron chi connectivity index (χ2n) is 7.86. The Bertz CT molecular complexity index is 613. The molecule has 1 N–H and O–H groups in total. The minimum atomic E-state index is 0.1000. The number of nitrogens with zero attached hydrogens (tertiary/aromatic N) is 3. The van der Waals surface area contributed by atoms with Crippen molar-refractivity contribution in [2.75, 3.05) is 24.5 Å². The van der Waals surface area contributed by atoms with Crippen molar-refractivity contribution in [3.05, 3.63) is 10.6 Å². The summed E-state index contributed by atoms with van der Waals surface area (Å²) in [6, 6.07) is 1.21. The Kier molecular flexibility index (Phi) is 4.29. The standard InChI is InChI=1S/C18H28N4OS/c1-11(2)12(3)17(23)21-7-6-15-16(10-21)24-18(20-15)22-13-4-5-14(22)9-19-8-13/h11-14,19H,4-10H2,1-3H3/t12-,13?,14?/m1/s1. The number of carbonyl (C=O) groups excluding carboxylic acids is 1. The molecular formula is C18H28N4OS. The van der Waals surface area contributed by atoms with E-state index in [4.69, 9.17) is 4.98 Å². The second-order valence-corrected chi connectivity index (χ2v) is 8.92. The maximum atomic E-state index is 12.7. The highest BCUT2D eigenvalue weighted by molar-refractivity contribution is 7.15. The lowest BCUT2D eigenvalue weighted by molar-refractivity contribution is -0.137. The summed E-state index contributed by atoms with van der Waals surface area (Å²) >= 11 is 1.82. The van der Waals surface area contributed by atoms with Gasteiger partial charge in [-0.2, -0.15) is 0 Å². The van der Waals surface area contributed by atoms with E-state index in [-0.39, 0.29) is 5.92 Å². The molecule has 0 saturated carbocycles. The topological polar surface area (TPSA) is 48.5 Å². The van der Waals surface area contributed by atoms with Crippen molar-refractivity contribution in [2.24, 2.45) is 11.8 Å². The number of rotatable bonds is 3. The van der Waals surface area contributed by atoms with Crippen molar-refractivity contribution >= 4 is 22.4 Å². The number of hydrogen-bond donors (Lipinski definition) is 1. The number of amides is 1. The van der Waals surface area contributed by atoms with E-state index in [1.165, 1.54) is 28.5 Å². The number of fused-ring (bicyclic) bond motifs is 3. The number of thiazole rings is 1. The first kappa shape index (κ1) is 16.3. The van der Waals surface area contributed by atoms with E-state index in [9.17, 15) is 4.79 Å². The summed E-state index contributed by atoms with van der Waals surface area (Å²) in [6.45, 7) is 10.0. The predicted octanol–water partition coefficient (Wildman–Crippen LogP) is 2.26. The number of anilines is 1. The minimum absolute atomic E-state index is 0.1000. The number of carbonyl (C=O) groups is 1. The van der Waals surface area contributed by atoms with Gasteiger partial charge >= 0.3 is 0 Å². The van der Waals surface area contributed by atoms with Crippen LogP contribution in [0.15, 0.2) is 0 Å². The molecule has 4 rings (SSSR count). The average molecular weight is 349 g/mol. The van der Waals surface area contributed by atoms with Crippen molar-refractivity contribution in [3.8, 4) is 0 Å². The maximum Gasteiger partial charge on any atom is 0.225 e. The first-order chi connectivity index (χ1) is 11.5. The first-order valence-electron chi connectivity index (χ1n) is 9.31. The molecule has 1 aromatic rings. The van der Waals surface area contributed by atoms with Crippen LogP contribution in [0.5, 0.6) is 0 Å². The second kappa shape index (κ2) is 6.30. The van der Waals surface area contributed by atoms with Gasteiger partial charge in [-0.15, -0.1) is 0 Å². The monoisotopic (exact) mass is 348 g/mol. The van der Waals surface area contributed by atoms with Crippen LogP contribution in [0.4, 0.5) is 5.13 Å². The molecule has 3 aliphatic rings. The van der Waals surface area contributed by atoms with Gasteiger partial charge in [-0.3, -0.25) is 4.79 Å². The third-order valence-electron chi connectivity index (χ3n) is 6.02. The van der Waals surface area contributed by atoms with Gasteiger partial charge in [0.1, 0.15) is 0 Å². The van der Waals surface area contributed by atoms with E-state index in [0.717, 1.165) is 32.6 Å². The quantitative estimate of drug-likeness (QED) is 0.910. The van der Waals surface area contributed by atoms with Crippen molar-refractivity contribution in [1.29, 1.82) is 0 Å². The Labute approximate surface area is 148 Å². The molecule has 0 spiro atoms. The fourth-order valence-corrected chi connectivity index (χ4v) is 5.41. The third-order valence-corrected chi connectivity index (χ3v) is 7.12. The average Bonchev–Trinajstić information content (AvgIpc) is 3.10. The van der Waals surface area contributed by atoms with Crippen LogP contribution in [-0.4, -0.2) is 47.5 Å². The molecule has 0 aromatic carbocycles. The van der Waals surface area contributed by atoms with Crippen molar-refractivity contribution in [2.45, 2.75) is 58.7 Å². The minimum Gasteiger partial charge on any atom is -0.340 e. The summed E-state index contributed by atoms with van der Waals surface area (Å²) in [5.74, 6) is 0.795. The number of piperazine rings is 1. The SMILES string of the molecule is CC(C)[C@@H](C)C(=O)N1CCc2nc(N3C4CCC3CNC4)sc2C1. The van der Waals surface area contributed by atoms with E-state index in [1.807, 2.05) is 16.2 Å². The lowest BCUT2D eigenvalue weighted by Crippen LogP contribution is -2.51. The Morgan fingerprint density at radius 1 is 1.25 bits per heavy atom. The van der Waals surface area contributed by atoms with Crippen LogP contribution in [0.25, 0.3) is 0 Å². The van der Waals surface area contributed by atoms with E-state index in [1.54, 1.807) is 0 Å². The summed E-state index contributed by atoms with van der Waals surface area (Å²) in [7, 11) is 0. The van der Waals surface area contributed by atoms with Crippen LogP contribution < -0.4 is 10.2 Å². The van der Waals surface area contributed by atoms with Crippen LogP contribution in [0.1, 0.15) is 44.2 Å². The molecule has 2 bridgehead atoms. The van der Waals surface area contributed by atoms with E-state index in [0.29, 0.717) is 23.9 Å². The molecule has 2 fully saturated rings. The number of nitrogens with one attached hydrogen (secondary N) is 1. The third kappa shape index (κ3) is 2.73. The lowest BCUT2D eigenvalue weighted by atomic mass is 9.96. The molecule has 132 valence electrons. The van der Waals surface area contributed by atoms with Gasteiger partial charge in [0.05, 0.1) is 12.2 Å². The summed E-state index contributed by atoms with van der Waals surface area (Å²) in [4.78, 5) is 23.5. The van der Waals surface area contributed by atoms with Crippen LogP contribution in [0.2, 0.25) is 0 Å². The smallest absolute Gasteiger partial charge is 0.225 e. The van der Waals surface area contributed by atoms with E-state index >= 15 is 0 Å². The molecule has 1 amide bonds. The molecule has 2 saturated heterocycles. The van der Waals surface area contributed by atoms with Crippen LogP contribution in [0, 0.1) is 11.8 Å². The fourth-order valence-electron chi connectivity index (χ4n) is 4.14. The van der Waals surface area contributed by atoms with E-state index in [2.05, 4.69) is 31.0 Å². The molecule has 6 heteroatoms. The molecule has 3 aliphatic heterocycles. The highest BCUT2D eigenvalue weighted by atomic mass is 32.1. The Morgan fingerprint density at radius 2 is 1.96 bits per heavy atom. The highest BCUT2D eigenvalue weighted by Crippen LogP contribution is 2.38. The zero-order valence-electron chi connectivity index (χ0n) is 14.9. The normalized spacial score (nSPS) is 27.5. The molecule has 0 aliphatic carbocycles. The van der Waals surface area contributed by atoms with Gasteiger partial charge in [0, 0.05) is 48.9 Å². The molecule has 3 atom stereocenters. The van der Waals surface area contributed by atoms with Gasteiger partial charge in [0.25, 0.3) is 0 Å². The molecule has 4 heterocycles. The van der Waals surface area contributed by atoms with Gasteiger partial charge in [-0.1, -0.05) is 32.1 Å². The Morgan fingerprint density at radius 3 is 2.62 bits per heavy atom. The van der Waals surface area contributed by atoms with Crippen molar-refractivity contribution in [3.63, 3.8) is 0 Å². The molecule has 5 nitrogen and oxygen atoms in total. The zero-order chi connectivity index (χ0) is 16.8. The van der Waals surface area contributed by atoms with Gasteiger partial charge < -0.3 is 15.1 Å².